The number of amides is 1. The Morgan fingerprint density at radius 2 is 2.28 bits per heavy atom. The summed E-state index contributed by atoms with van der Waals surface area (Å²) in [6.07, 6.45) is 8.32. The van der Waals surface area contributed by atoms with E-state index in [0.29, 0.717) is 12.6 Å². The van der Waals surface area contributed by atoms with Crippen LogP contribution >= 0.6 is 0 Å². The molecule has 0 spiro atoms. The summed E-state index contributed by atoms with van der Waals surface area (Å²) in [5.41, 5.74) is 1.10. The summed E-state index contributed by atoms with van der Waals surface area (Å²) in [5.74, 6) is 0.0950. The van der Waals surface area contributed by atoms with Gasteiger partial charge in [-0.3, -0.25) is 9.78 Å². The average molecular weight is 247 g/mol. The van der Waals surface area contributed by atoms with E-state index in [1.54, 1.807) is 6.20 Å². The van der Waals surface area contributed by atoms with Gasteiger partial charge in [0.05, 0.1) is 6.54 Å². The molecule has 1 atom stereocenters. The summed E-state index contributed by atoms with van der Waals surface area (Å²) < 4.78 is 0. The summed E-state index contributed by atoms with van der Waals surface area (Å²) in [7, 11) is 0. The van der Waals surface area contributed by atoms with Gasteiger partial charge in [0, 0.05) is 24.5 Å². The highest BCUT2D eigenvalue weighted by molar-refractivity contribution is 5.78. The highest BCUT2D eigenvalue weighted by atomic mass is 16.1. The Kier molecular flexibility index (Phi) is 4.70. The van der Waals surface area contributed by atoms with Gasteiger partial charge >= 0.3 is 0 Å². The maximum atomic E-state index is 11.7. The Morgan fingerprint density at radius 1 is 1.50 bits per heavy atom. The van der Waals surface area contributed by atoms with Gasteiger partial charge in [-0.05, 0) is 31.4 Å². The summed E-state index contributed by atoms with van der Waals surface area (Å²) in [6.45, 7) is 2.41. The van der Waals surface area contributed by atoms with E-state index >= 15 is 0 Å². The molecule has 98 valence electrons. The molecule has 2 N–H and O–H groups in total. The molecule has 0 saturated heterocycles. The van der Waals surface area contributed by atoms with Crippen molar-refractivity contribution in [2.45, 2.75) is 44.7 Å². The van der Waals surface area contributed by atoms with Gasteiger partial charge in [-0.15, -0.1) is 0 Å². The van der Waals surface area contributed by atoms with E-state index in [1.165, 1.54) is 12.8 Å². The van der Waals surface area contributed by atoms with Gasteiger partial charge in [-0.1, -0.05) is 18.9 Å². The van der Waals surface area contributed by atoms with Crippen LogP contribution in [0.1, 0.15) is 44.2 Å². The first kappa shape index (κ1) is 13.0. The zero-order valence-corrected chi connectivity index (χ0v) is 10.9. The second-order valence-electron chi connectivity index (χ2n) is 4.94. The van der Waals surface area contributed by atoms with Crippen molar-refractivity contribution in [3.63, 3.8) is 0 Å². The molecule has 1 amide bonds. The van der Waals surface area contributed by atoms with Crippen LogP contribution in [-0.2, 0) is 4.79 Å². The molecule has 1 aromatic rings. The topological polar surface area (TPSA) is 54.0 Å². The SMILES string of the molecule is C[C@H](NCC(=O)NC1CCCC1)c1cccnc1. The fraction of sp³-hybridized carbons (Fsp3) is 0.571. The Bertz CT molecular complexity index is 374. The summed E-state index contributed by atoms with van der Waals surface area (Å²) >= 11 is 0. The minimum atomic E-state index is 0.0950. The third-order valence-electron chi connectivity index (χ3n) is 3.47. The lowest BCUT2D eigenvalue weighted by Gasteiger charge is -2.16. The zero-order chi connectivity index (χ0) is 12.8. The molecule has 4 heteroatoms. The van der Waals surface area contributed by atoms with Gasteiger partial charge in [0.15, 0.2) is 0 Å². The highest BCUT2D eigenvalue weighted by Crippen LogP contribution is 2.17. The second-order valence-corrected chi connectivity index (χ2v) is 4.94. The van der Waals surface area contributed by atoms with E-state index in [-0.39, 0.29) is 11.9 Å². The molecular weight excluding hydrogens is 226 g/mol. The quantitative estimate of drug-likeness (QED) is 0.834. The largest absolute Gasteiger partial charge is 0.352 e. The van der Waals surface area contributed by atoms with E-state index in [9.17, 15) is 4.79 Å². The van der Waals surface area contributed by atoms with Gasteiger partial charge in [-0.2, -0.15) is 0 Å². The highest BCUT2D eigenvalue weighted by Gasteiger charge is 2.17. The Morgan fingerprint density at radius 3 is 2.94 bits per heavy atom. The van der Waals surface area contributed by atoms with E-state index in [0.717, 1.165) is 18.4 Å². The van der Waals surface area contributed by atoms with Gasteiger partial charge in [0.1, 0.15) is 0 Å². The van der Waals surface area contributed by atoms with Crippen LogP contribution in [0.2, 0.25) is 0 Å². The third-order valence-corrected chi connectivity index (χ3v) is 3.47. The number of pyridine rings is 1. The molecule has 0 aliphatic heterocycles. The van der Waals surface area contributed by atoms with Crippen LogP contribution in [0.4, 0.5) is 0 Å². The minimum Gasteiger partial charge on any atom is -0.352 e. The third kappa shape index (κ3) is 3.81. The van der Waals surface area contributed by atoms with Crippen LogP contribution in [0.15, 0.2) is 24.5 Å². The van der Waals surface area contributed by atoms with E-state index < -0.39 is 0 Å². The van der Waals surface area contributed by atoms with Gasteiger partial charge < -0.3 is 10.6 Å². The van der Waals surface area contributed by atoms with Crippen molar-refractivity contribution in [1.82, 2.24) is 15.6 Å². The molecular formula is C14H21N3O. The van der Waals surface area contributed by atoms with Crippen molar-refractivity contribution in [3.05, 3.63) is 30.1 Å². The monoisotopic (exact) mass is 247 g/mol. The van der Waals surface area contributed by atoms with Crippen LogP contribution in [0, 0.1) is 0 Å². The number of hydrogen-bond donors (Lipinski definition) is 2. The molecule has 1 saturated carbocycles. The first-order valence-electron chi connectivity index (χ1n) is 6.68. The fourth-order valence-electron chi connectivity index (χ4n) is 2.34. The number of rotatable bonds is 5. The summed E-state index contributed by atoms with van der Waals surface area (Å²) in [5, 5.41) is 6.29. The lowest BCUT2D eigenvalue weighted by atomic mass is 10.1. The van der Waals surface area contributed by atoms with Gasteiger partial charge in [0.25, 0.3) is 0 Å². The predicted octanol–water partition coefficient (Wildman–Crippen LogP) is 1.79. The molecule has 0 unspecified atom stereocenters. The Hall–Kier alpha value is -1.42. The summed E-state index contributed by atoms with van der Waals surface area (Å²) in [6, 6.07) is 4.46. The number of nitrogens with one attached hydrogen (secondary N) is 2. The van der Waals surface area contributed by atoms with Crippen molar-refractivity contribution in [2.24, 2.45) is 0 Å². The standard InChI is InChI=1S/C14H21N3O/c1-11(12-5-4-8-15-9-12)16-10-14(18)17-13-6-2-3-7-13/h4-5,8-9,11,13,16H,2-3,6-7,10H2,1H3,(H,17,18)/t11-/m0/s1. The number of aromatic nitrogens is 1. The average Bonchev–Trinajstić information content (AvgIpc) is 2.90. The molecule has 18 heavy (non-hydrogen) atoms. The molecule has 4 nitrogen and oxygen atoms in total. The number of nitrogens with zero attached hydrogens (tertiary/aromatic N) is 1. The maximum Gasteiger partial charge on any atom is 0.234 e. The van der Waals surface area contributed by atoms with Crippen molar-refractivity contribution in [1.29, 1.82) is 0 Å². The molecule has 1 aromatic heterocycles. The molecule has 1 heterocycles. The van der Waals surface area contributed by atoms with Crippen LogP contribution < -0.4 is 10.6 Å². The minimum absolute atomic E-state index is 0.0950. The predicted molar refractivity (Wildman–Crippen MR) is 71.1 cm³/mol. The Labute approximate surface area is 108 Å². The number of carbonyl (C=O) groups excluding carboxylic acids is 1. The second kappa shape index (κ2) is 6.50. The smallest absolute Gasteiger partial charge is 0.234 e. The van der Waals surface area contributed by atoms with E-state index in [1.807, 2.05) is 25.3 Å². The van der Waals surface area contributed by atoms with Crippen LogP contribution in [0.5, 0.6) is 0 Å². The molecule has 1 aliphatic carbocycles. The lowest BCUT2D eigenvalue weighted by Crippen LogP contribution is -2.39. The molecule has 1 fully saturated rings. The van der Waals surface area contributed by atoms with E-state index in [2.05, 4.69) is 15.6 Å². The van der Waals surface area contributed by atoms with Gasteiger partial charge in [0.2, 0.25) is 5.91 Å². The fourth-order valence-corrected chi connectivity index (χ4v) is 2.34. The zero-order valence-electron chi connectivity index (χ0n) is 10.9. The normalized spacial score (nSPS) is 17.6. The molecule has 1 aliphatic rings. The maximum absolute atomic E-state index is 11.7. The number of hydrogen-bond acceptors (Lipinski definition) is 3. The molecule has 0 bridgehead atoms. The van der Waals surface area contributed by atoms with E-state index in [4.69, 9.17) is 0 Å². The van der Waals surface area contributed by atoms with Crippen molar-refractivity contribution >= 4 is 5.91 Å². The van der Waals surface area contributed by atoms with Crippen LogP contribution in [0.25, 0.3) is 0 Å². The van der Waals surface area contributed by atoms with Crippen LogP contribution in [0.3, 0.4) is 0 Å². The molecule has 0 radical (unpaired) electrons. The Balaban J connectivity index is 1.72. The van der Waals surface area contributed by atoms with Crippen LogP contribution in [-0.4, -0.2) is 23.5 Å². The van der Waals surface area contributed by atoms with Crippen molar-refractivity contribution in [2.75, 3.05) is 6.54 Å². The molecule has 2 rings (SSSR count). The first-order chi connectivity index (χ1) is 8.75. The first-order valence-corrected chi connectivity index (χ1v) is 6.68. The molecule has 0 aromatic carbocycles. The van der Waals surface area contributed by atoms with Crippen molar-refractivity contribution in [3.8, 4) is 0 Å². The van der Waals surface area contributed by atoms with Crippen molar-refractivity contribution < 1.29 is 4.79 Å². The lowest BCUT2D eigenvalue weighted by molar-refractivity contribution is -0.121. The van der Waals surface area contributed by atoms with Gasteiger partial charge in [-0.25, -0.2) is 0 Å². The number of carbonyl (C=O) groups is 1. The summed E-state index contributed by atoms with van der Waals surface area (Å²) in [4.78, 5) is 15.8.